The van der Waals surface area contributed by atoms with Crippen LogP contribution in [-0.2, 0) is 9.53 Å². The molecule has 1 aliphatic carbocycles. The maximum Gasteiger partial charge on any atom is 0.415 e. The minimum Gasteiger partial charge on any atom is -0.438 e. The van der Waals surface area contributed by atoms with Crippen molar-refractivity contribution in [3.05, 3.63) is 5.53 Å². The van der Waals surface area contributed by atoms with Gasteiger partial charge in [-0.2, -0.15) is 4.79 Å². The highest BCUT2D eigenvalue weighted by Crippen LogP contribution is 2.31. The number of ether oxygens (including phenoxy) is 1. The highest BCUT2D eigenvalue weighted by Gasteiger charge is 2.35. The predicted octanol–water partition coefficient (Wildman–Crippen LogP) is 2.41. The first-order valence-corrected chi connectivity index (χ1v) is 9.82. The normalized spacial score (nSPS) is 17.9. The second kappa shape index (κ2) is 5.99. The van der Waals surface area contributed by atoms with E-state index in [-0.39, 0.29) is 0 Å². The van der Waals surface area contributed by atoms with Crippen LogP contribution in [0.25, 0.3) is 5.53 Å². The Balaban J connectivity index is 2.90. The van der Waals surface area contributed by atoms with Gasteiger partial charge in [0.2, 0.25) is 0 Å². The third kappa shape index (κ3) is 4.87. The van der Waals surface area contributed by atoms with Gasteiger partial charge in [0.05, 0.1) is 0 Å². The van der Waals surface area contributed by atoms with Gasteiger partial charge in [-0.25, -0.2) is 4.79 Å². The van der Waals surface area contributed by atoms with Crippen LogP contribution in [0.4, 0.5) is 0 Å². The zero-order valence-corrected chi connectivity index (χ0v) is 12.3. The molecule has 0 heterocycles. The molecule has 0 saturated heterocycles. The minimum atomic E-state index is -1.49. The Morgan fingerprint density at radius 2 is 1.94 bits per heavy atom. The van der Waals surface area contributed by atoms with Gasteiger partial charge >= 0.3 is 12.2 Å². The van der Waals surface area contributed by atoms with Crippen LogP contribution in [0.15, 0.2) is 0 Å². The molecule has 0 amide bonds. The summed E-state index contributed by atoms with van der Waals surface area (Å²) in [7, 11) is -1.49. The van der Waals surface area contributed by atoms with Crippen molar-refractivity contribution in [1.29, 1.82) is 0 Å². The predicted molar refractivity (Wildman–Crippen MR) is 72.7 cm³/mol. The summed E-state index contributed by atoms with van der Waals surface area (Å²) in [5, 5.41) is 0. The van der Waals surface area contributed by atoms with Crippen molar-refractivity contribution >= 4 is 20.3 Å². The fourth-order valence-electron chi connectivity index (χ4n) is 1.94. The van der Waals surface area contributed by atoms with Crippen molar-refractivity contribution in [2.24, 2.45) is 0 Å². The summed E-state index contributed by atoms with van der Waals surface area (Å²) < 4.78 is 5.42. The molecule has 0 spiro atoms. The molecule has 0 bridgehead atoms. The van der Waals surface area contributed by atoms with Crippen molar-refractivity contribution in [3.8, 4) is 11.5 Å². The standard InChI is InChI=1S/C13H20N2O2Si/c1-18(2,3)10-9-13(7-5-4-6-8-13)17-12(16)11-15-14/h11H,4-8H2,1-3H3. The molecule has 5 heteroatoms. The number of nitrogens with zero attached hydrogens (tertiary/aromatic N) is 2. The quantitative estimate of drug-likeness (QED) is 0.192. The van der Waals surface area contributed by atoms with Crippen LogP contribution in [0.1, 0.15) is 32.1 Å². The number of hydrogen-bond donors (Lipinski definition) is 0. The average Bonchev–Trinajstić information content (AvgIpc) is 2.27. The van der Waals surface area contributed by atoms with Gasteiger partial charge in [0.15, 0.2) is 5.60 Å². The summed E-state index contributed by atoms with van der Waals surface area (Å²) in [5.41, 5.74) is 11.0. The van der Waals surface area contributed by atoms with Gasteiger partial charge in [-0.15, -0.1) is 5.54 Å². The van der Waals surface area contributed by atoms with Gasteiger partial charge in [-0.1, -0.05) is 32.0 Å². The lowest BCUT2D eigenvalue weighted by molar-refractivity contribution is -0.151. The van der Waals surface area contributed by atoms with Crippen LogP contribution in [0.3, 0.4) is 0 Å². The van der Waals surface area contributed by atoms with E-state index in [1.54, 1.807) is 0 Å². The van der Waals surface area contributed by atoms with E-state index < -0.39 is 19.6 Å². The lowest BCUT2D eigenvalue weighted by Crippen LogP contribution is -2.37. The number of hydrogen-bond acceptors (Lipinski definition) is 2. The van der Waals surface area contributed by atoms with Crippen LogP contribution in [-0.4, -0.2) is 30.6 Å². The Morgan fingerprint density at radius 1 is 1.33 bits per heavy atom. The summed E-state index contributed by atoms with van der Waals surface area (Å²) in [6.45, 7) is 6.48. The van der Waals surface area contributed by atoms with E-state index in [9.17, 15) is 4.79 Å². The summed E-state index contributed by atoms with van der Waals surface area (Å²) in [5.74, 6) is 2.57. The second-order valence-corrected chi connectivity index (χ2v) is 10.5. The second-order valence-electron chi connectivity index (χ2n) is 5.72. The van der Waals surface area contributed by atoms with Gasteiger partial charge in [-0.3, -0.25) is 0 Å². The van der Waals surface area contributed by atoms with E-state index in [0.717, 1.165) is 38.3 Å². The van der Waals surface area contributed by atoms with E-state index in [1.807, 2.05) is 0 Å². The molecule has 1 saturated carbocycles. The van der Waals surface area contributed by atoms with E-state index in [2.05, 4.69) is 35.9 Å². The van der Waals surface area contributed by atoms with Crippen molar-refractivity contribution < 1.29 is 14.3 Å². The van der Waals surface area contributed by atoms with Gasteiger partial charge < -0.3 is 10.3 Å². The SMILES string of the molecule is C[Si](C)(C)C#CC1(OC(=O)C=[N+]=[N-])CCCCC1. The van der Waals surface area contributed by atoms with Crippen LogP contribution in [0, 0.1) is 11.5 Å². The molecule has 1 aliphatic rings. The van der Waals surface area contributed by atoms with Crippen LogP contribution < -0.4 is 0 Å². The maximum atomic E-state index is 11.5. The molecule has 0 N–H and O–H groups in total. The molecule has 0 aliphatic heterocycles. The first-order valence-electron chi connectivity index (χ1n) is 6.32. The van der Waals surface area contributed by atoms with Crippen molar-refractivity contribution in [2.45, 2.75) is 57.3 Å². The van der Waals surface area contributed by atoms with Crippen molar-refractivity contribution in [2.75, 3.05) is 0 Å². The molecular formula is C13H20N2O2Si. The topological polar surface area (TPSA) is 62.7 Å². The summed E-state index contributed by atoms with van der Waals surface area (Å²) >= 11 is 0. The van der Waals surface area contributed by atoms with Gasteiger partial charge in [0, 0.05) is 0 Å². The van der Waals surface area contributed by atoms with Crippen molar-refractivity contribution in [1.82, 2.24) is 0 Å². The highest BCUT2D eigenvalue weighted by atomic mass is 28.3. The molecule has 18 heavy (non-hydrogen) atoms. The first kappa shape index (κ1) is 14.7. The lowest BCUT2D eigenvalue weighted by atomic mass is 9.85. The third-order valence-corrected chi connectivity index (χ3v) is 3.66. The smallest absolute Gasteiger partial charge is 0.415 e. The summed E-state index contributed by atoms with van der Waals surface area (Å²) in [6, 6.07) is 0. The molecule has 1 rings (SSSR count). The number of carbonyl (C=O) groups is 1. The summed E-state index contributed by atoms with van der Waals surface area (Å²) in [4.78, 5) is 14.2. The first-order chi connectivity index (χ1) is 8.37. The third-order valence-electron chi connectivity index (χ3n) is 2.79. The average molecular weight is 264 g/mol. The molecule has 0 aromatic carbocycles. The van der Waals surface area contributed by atoms with Crippen LogP contribution >= 0.6 is 0 Å². The molecule has 0 aromatic rings. The highest BCUT2D eigenvalue weighted by molar-refractivity contribution is 6.83. The molecule has 0 radical (unpaired) electrons. The van der Waals surface area contributed by atoms with E-state index in [1.165, 1.54) is 0 Å². The van der Waals surface area contributed by atoms with Crippen LogP contribution in [0.2, 0.25) is 19.6 Å². The lowest BCUT2D eigenvalue weighted by Gasteiger charge is -2.31. The Morgan fingerprint density at radius 3 is 2.44 bits per heavy atom. The zero-order chi connectivity index (χ0) is 13.6. The van der Waals surface area contributed by atoms with E-state index in [4.69, 9.17) is 10.3 Å². The monoisotopic (exact) mass is 264 g/mol. The Kier molecular flexibility index (Phi) is 4.89. The van der Waals surface area contributed by atoms with Gasteiger partial charge in [0.25, 0.3) is 0 Å². The molecule has 0 unspecified atom stereocenters. The fraction of sp³-hybridized carbons (Fsp3) is 0.692. The number of esters is 1. The largest absolute Gasteiger partial charge is 0.438 e. The molecule has 98 valence electrons. The zero-order valence-electron chi connectivity index (χ0n) is 11.3. The number of rotatable bonds is 2. The van der Waals surface area contributed by atoms with E-state index >= 15 is 0 Å². The van der Waals surface area contributed by atoms with Crippen LogP contribution in [0.5, 0.6) is 0 Å². The fourth-order valence-corrected chi connectivity index (χ4v) is 2.55. The molecule has 0 aromatic heterocycles. The molecular weight excluding hydrogens is 244 g/mol. The Hall–Kier alpha value is -1.37. The van der Waals surface area contributed by atoms with Gasteiger partial charge in [0.1, 0.15) is 8.07 Å². The maximum absolute atomic E-state index is 11.5. The Bertz CT molecular complexity index is 416. The van der Waals surface area contributed by atoms with E-state index in [0.29, 0.717) is 0 Å². The molecule has 4 nitrogen and oxygen atoms in total. The molecule has 1 fully saturated rings. The summed E-state index contributed by atoms with van der Waals surface area (Å²) in [6.07, 6.45) is 5.52. The minimum absolute atomic E-state index is 0.621. The Labute approximate surface area is 109 Å². The molecule has 0 atom stereocenters. The number of carbonyl (C=O) groups excluding carboxylic acids is 1. The van der Waals surface area contributed by atoms with Crippen molar-refractivity contribution in [3.63, 3.8) is 0 Å². The van der Waals surface area contributed by atoms with Gasteiger partial charge in [-0.05, 0) is 25.7 Å².